The van der Waals surface area contributed by atoms with E-state index in [0.29, 0.717) is 10.2 Å². The van der Waals surface area contributed by atoms with Gasteiger partial charge in [0.1, 0.15) is 22.8 Å². The minimum absolute atomic E-state index is 0.0807. The fourth-order valence-electron chi connectivity index (χ4n) is 2.35. The normalized spacial score (nSPS) is 11.6. The van der Waals surface area contributed by atoms with Crippen molar-refractivity contribution in [2.45, 2.75) is 0 Å². The molecule has 0 amide bonds. The van der Waals surface area contributed by atoms with Crippen LogP contribution in [0.15, 0.2) is 57.3 Å². The van der Waals surface area contributed by atoms with E-state index in [-0.39, 0.29) is 11.1 Å². The number of hydrogen-bond donors (Lipinski definition) is 0. The van der Waals surface area contributed by atoms with Gasteiger partial charge in [-0.2, -0.15) is 9.78 Å². The third-order valence-electron chi connectivity index (χ3n) is 3.55. The molecule has 0 unspecified atom stereocenters. The van der Waals surface area contributed by atoms with Gasteiger partial charge in [-0.15, -0.1) is 22.7 Å². The molecule has 0 aliphatic rings. The number of aromatic nitrogens is 2. The second kappa shape index (κ2) is 6.30. The zero-order chi connectivity index (χ0) is 17.4. The third-order valence-corrected chi connectivity index (χ3v) is 5.34. The maximum atomic E-state index is 13.7. The summed E-state index contributed by atoms with van der Waals surface area (Å²) >= 11 is 2.91. The molecule has 0 spiro atoms. The van der Waals surface area contributed by atoms with E-state index in [1.54, 1.807) is 0 Å². The fourth-order valence-corrected chi connectivity index (χ4v) is 4.07. The Morgan fingerprint density at radius 2 is 2.08 bits per heavy atom. The highest BCUT2D eigenvalue weighted by atomic mass is 32.1. The molecule has 1 aromatic carbocycles. The molecule has 3 heterocycles. The van der Waals surface area contributed by atoms with Crippen LogP contribution in [0.4, 0.5) is 8.78 Å². The van der Waals surface area contributed by atoms with Crippen LogP contribution in [-0.2, 0) is 0 Å². The molecule has 0 aliphatic carbocycles. The molecule has 0 saturated carbocycles. The summed E-state index contributed by atoms with van der Waals surface area (Å²) in [6.07, 6.45) is 2.46. The topological polar surface area (TPSA) is 47.2 Å². The number of fused-ring (bicyclic) bond motifs is 1. The predicted molar refractivity (Wildman–Crippen MR) is 96.5 cm³/mol. The molecule has 4 aromatic rings. The molecule has 3 aromatic heterocycles. The van der Waals surface area contributed by atoms with Crippen LogP contribution >= 0.6 is 22.7 Å². The second-order valence-electron chi connectivity index (χ2n) is 5.11. The lowest BCUT2D eigenvalue weighted by atomic mass is 10.2. The molecule has 0 radical (unpaired) electrons. The highest BCUT2D eigenvalue weighted by molar-refractivity contribution is 7.18. The van der Waals surface area contributed by atoms with Crippen molar-refractivity contribution in [1.82, 2.24) is 9.66 Å². The molecule has 0 bridgehead atoms. The summed E-state index contributed by atoms with van der Waals surface area (Å²) < 4.78 is 27.7. The standard InChI is InChI=1S/C17H9F2N3OS2/c18-11-4-3-10(13(19)6-11)7-21-22-9-20-16-15(17(22)23)12(8-25-16)14-2-1-5-24-14/h1-9H/b21-7-. The Morgan fingerprint density at radius 3 is 2.84 bits per heavy atom. The Hall–Kier alpha value is -2.71. The van der Waals surface area contributed by atoms with Crippen molar-refractivity contribution in [3.05, 3.63) is 75.0 Å². The summed E-state index contributed by atoms with van der Waals surface area (Å²) in [5, 5.41) is 8.28. The van der Waals surface area contributed by atoms with E-state index in [1.807, 2.05) is 22.9 Å². The summed E-state index contributed by atoms with van der Waals surface area (Å²) in [6, 6.07) is 6.99. The van der Waals surface area contributed by atoms with Crippen molar-refractivity contribution in [1.29, 1.82) is 0 Å². The molecule has 25 heavy (non-hydrogen) atoms. The highest BCUT2D eigenvalue weighted by Gasteiger charge is 2.13. The lowest BCUT2D eigenvalue weighted by Crippen LogP contribution is -2.16. The summed E-state index contributed by atoms with van der Waals surface area (Å²) in [4.78, 5) is 18.6. The molecule has 0 aliphatic heterocycles. The van der Waals surface area contributed by atoms with Crippen molar-refractivity contribution in [2.24, 2.45) is 5.10 Å². The molecule has 4 nitrogen and oxygen atoms in total. The van der Waals surface area contributed by atoms with E-state index in [4.69, 9.17) is 0 Å². The van der Waals surface area contributed by atoms with E-state index >= 15 is 0 Å². The maximum absolute atomic E-state index is 13.7. The second-order valence-corrected chi connectivity index (χ2v) is 6.92. The van der Waals surface area contributed by atoms with Gasteiger partial charge in [-0.05, 0) is 23.6 Å². The van der Waals surface area contributed by atoms with Crippen LogP contribution in [0, 0.1) is 11.6 Å². The number of hydrogen-bond acceptors (Lipinski definition) is 5. The lowest BCUT2D eigenvalue weighted by Gasteiger charge is -2.00. The largest absolute Gasteiger partial charge is 0.283 e. The van der Waals surface area contributed by atoms with E-state index in [9.17, 15) is 13.6 Å². The molecule has 124 valence electrons. The van der Waals surface area contributed by atoms with E-state index in [1.165, 1.54) is 41.3 Å². The van der Waals surface area contributed by atoms with Crippen molar-refractivity contribution < 1.29 is 8.78 Å². The van der Waals surface area contributed by atoms with E-state index in [2.05, 4.69) is 10.1 Å². The molecule has 4 rings (SSSR count). The van der Waals surface area contributed by atoms with Crippen molar-refractivity contribution >= 4 is 39.1 Å². The van der Waals surface area contributed by atoms with Crippen LogP contribution in [0.25, 0.3) is 20.7 Å². The van der Waals surface area contributed by atoms with Crippen LogP contribution in [0.2, 0.25) is 0 Å². The van der Waals surface area contributed by atoms with Gasteiger partial charge in [-0.1, -0.05) is 6.07 Å². The molecule has 0 atom stereocenters. The molecular formula is C17H9F2N3OS2. The Balaban J connectivity index is 1.81. The first kappa shape index (κ1) is 15.8. The summed E-state index contributed by atoms with van der Waals surface area (Å²) in [5.74, 6) is -1.42. The molecule has 0 saturated heterocycles. The Labute approximate surface area is 148 Å². The van der Waals surface area contributed by atoms with Crippen LogP contribution in [0.1, 0.15) is 5.56 Å². The molecule has 0 fully saturated rings. The van der Waals surface area contributed by atoms with Gasteiger partial charge in [0.05, 0.1) is 11.6 Å². The summed E-state index contributed by atoms with van der Waals surface area (Å²) in [7, 11) is 0. The minimum atomic E-state index is -0.749. The van der Waals surface area contributed by atoms with Gasteiger partial charge in [0.25, 0.3) is 5.56 Å². The van der Waals surface area contributed by atoms with Crippen LogP contribution in [0.3, 0.4) is 0 Å². The minimum Gasteiger partial charge on any atom is -0.267 e. The molecular weight excluding hydrogens is 364 g/mol. The summed E-state index contributed by atoms with van der Waals surface area (Å²) in [6.45, 7) is 0. The zero-order valence-corrected chi connectivity index (χ0v) is 14.2. The Morgan fingerprint density at radius 1 is 1.20 bits per heavy atom. The van der Waals surface area contributed by atoms with Crippen molar-refractivity contribution in [3.63, 3.8) is 0 Å². The van der Waals surface area contributed by atoms with Crippen LogP contribution in [-0.4, -0.2) is 15.9 Å². The Kier molecular flexibility index (Phi) is 3.98. The van der Waals surface area contributed by atoms with E-state index in [0.717, 1.165) is 27.2 Å². The monoisotopic (exact) mass is 373 g/mol. The van der Waals surface area contributed by atoms with Crippen molar-refractivity contribution in [2.75, 3.05) is 0 Å². The first-order valence-corrected chi connectivity index (χ1v) is 8.91. The Bertz CT molecular complexity index is 1150. The van der Waals surface area contributed by atoms with Gasteiger partial charge >= 0.3 is 0 Å². The fraction of sp³-hybridized carbons (Fsp3) is 0. The van der Waals surface area contributed by atoms with Crippen LogP contribution < -0.4 is 5.56 Å². The smallest absolute Gasteiger partial charge is 0.267 e. The van der Waals surface area contributed by atoms with Crippen molar-refractivity contribution in [3.8, 4) is 10.4 Å². The molecule has 8 heteroatoms. The van der Waals surface area contributed by atoms with Gasteiger partial charge < -0.3 is 0 Å². The predicted octanol–water partition coefficient (Wildman–Crippen LogP) is 4.35. The quantitative estimate of drug-likeness (QED) is 0.501. The number of rotatable bonds is 3. The zero-order valence-electron chi connectivity index (χ0n) is 12.5. The lowest BCUT2D eigenvalue weighted by molar-refractivity contribution is 0.582. The van der Waals surface area contributed by atoms with Gasteiger partial charge in [-0.3, -0.25) is 4.79 Å². The number of nitrogens with zero attached hydrogens (tertiary/aromatic N) is 3. The number of thiophene rings is 2. The molecule has 0 N–H and O–H groups in total. The first-order valence-electron chi connectivity index (χ1n) is 7.15. The third kappa shape index (κ3) is 2.90. The number of halogens is 2. The van der Waals surface area contributed by atoms with Gasteiger partial charge in [0.15, 0.2) is 0 Å². The van der Waals surface area contributed by atoms with Gasteiger partial charge in [-0.25, -0.2) is 13.8 Å². The van der Waals surface area contributed by atoms with Gasteiger partial charge in [0.2, 0.25) is 0 Å². The highest BCUT2D eigenvalue weighted by Crippen LogP contribution is 2.33. The number of benzene rings is 1. The van der Waals surface area contributed by atoms with Crippen LogP contribution in [0.5, 0.6) is 0 Å². The van der Waals surface area contributed by atoms with Gasteiger partial charge in [0, 0.05) is 27.5 Å². The average Bonchev–Trinajstić information content (AvgIpc) is 3.24. The maximum Gasteiger partial charge on any atom is 0.283 e. The summed E-state index contributed by atoms with van der Waals surface area (Å²) in [5.41, 5.74) is 0.552. The average molecular weight is 373 g/mol. The SMILES string of the molecule is O=c1c2c(-c3cccs3)csc2ncn1/N=C\c1ccc(F)cc1F. The first-order chi connectivity index (χ1) is 12.1. The van der Waals surface area contributed by atoms with E-state index < -0.39 is 11.6 Å².